The highest BCUT2D eigenvalue weighted by atomic mass is 16.2. The van der Waals surface area contributed by atoms with Crippen LogP contribution in [0.5, 0.6) is 0 Å². The van der Waals surface area contributed by atoms with Crippen LogP contribution in [0.2, 0.25) is 0 Å². The molecule has 0 atom stereocenters. The summed E-state index contributed by atoms with van der Waals surface area (Å²) in [6, 6.07) is 0. The summed E-state index contributed by atoms with van der Waals surface area (Å²) in [7, 11) is 0. The molecule has 0 aliphatic rings. The molecule has 0 rings (SSSR count). The molecule has 0 radical (unpaired) electrons. The summed E-state index contributed by atoms with van der Waals surface area (Å²) in [4.78, 5) is 31.2. The second-order valence-electron chi connectivity index (χ2n) is 1.50. The Morgan fingerprint density at radius 1 is 1.27 bits per heavy atom. The van der Waals surface area contributed by atoms with Crippen molar-refractivity contribution in [3.05, 3.63) is 12.7 Å². The minimum atomic E-state index is -1.11. The summed E-state index contributed by atoms with van der Waals surface area (Å²) in [6.07, 6.45) is 0.863. The molecule has 6 heteroatoms. The number of nitrogens with one attached hydrogen (secondary N) is 2. The fraction of sp³-hybridized carbons (Fsp3) is 0. The topological polar surface area (TPSA) is 101 Å². The predicted octanol–water partition coefficient (Wildman–Crippen LogP) is -2.19. The first-order valence-corrected chi connectivity index (χ1v) is 2.60. The number of rotatable bonds is 1. The van der Waals surface area contributed by atoms with Crippen molar-refractivity contribution in [1.29, 1.82) is 0 Å². The lowest BCUT2D eigenvalue weighted by molar-refractivity contribution is -0.141. The van der Waals surface area contributed by atoms with E-state index in [-0.39, 0.29) is 0 Å². The molecular weight excluding hydrogens is 150 g/mol. The minimum absolute atomic E-state index is 0.751. The van der Waals surface area contributed by atoms with Gasteiger partial charge < -0.3 is 0 Å². The number of amides is 3. The minimum Gasteiger partial charge on any atom is -0.286 e. The lowest BCUT2D eigenvalue weighted by atomic mass is 10.5. The van der Waals surface area contributed by atoms with Crippen LogP contribution in [-0.4, -0.2) is 17.7 Å². The largest absolute Gasteiger partial charge is 0.323 e. The molecule has 0 bridgehead atoms. The molecular formula is C5H7N3O3. The number of hydrogen-bond donors (Lipinski definition) is 3. The maximum absolute atomic E-state index is 10.5. The highest BCUT2D eigenvalue weighted by Crippen LogP contribution is 1.68. The Labute approximate surface area is 62.4 Å². The number of nitrogens with two attached hydrogens (primary N) is 1. The zero-order valence-corrected chi connectivity index (χ0v) is 5.59. The van der Waals surface area contributed by atoms with E-state index in [1.807, 2.05) is 0 Å². The van der Waals surface area contributed by atoms with Gasteiger partial charge in [-0.05, 0) is 6.08 Å². The van der Waals surface area contributed by atoms with E-state index in [1.54, 1.807) is 10.7 Å². The number of hydrazine groups is 1. The second-order valence-corrected chi connectivity index (χ2v) is 1.50. The smallest absolute Gasteiger partial charge is 0.286 e. The molecule has 0 aromatic heterocycles. The third-order valence-electron chi connectivity index (χ3n) is 0.759. The van der Waals surface area contributed by atoms with Gasteiger partial charge in [0.05, 0.1) is 0 Å². The van der Waals surface area contributed by atoms with Gasteiger partial charge in [-0.25, -0.2) is 5.84 Å². The number of imide groups is 1. The molecule has 0 fully saturated rings. The summed E-state index contributed by atoms with van der Waals surface area (Å²) >= 11 is 0. The molecule has 0 aliphatic heterocycles. The third kappa shape index (κ3) is 3.11. The Kier molecular flexibility index (Phi) is 3.54. The average Bonchev–Trinajstić information content (AvgIpc) is 2.02. The predicted molar refractivity (Wildman–Crippen MR) is 35.7 cm³/mol. The van der Waals surface area contributed by atoms with Crippen molar-refractivity contribution in [3.8, 4) is 0 Å². The van der Waals surface area contributed by atoms with Gasteiger partial charge in [0.15, 0.2) is 0 Å². The molecule has 4 N–H and O–H groups in total. The summed E-state index contributed by atoms with van der Waals surface area (Å²) < 4.78 is 0. The van der Waals surface area contributed by atoms with Gasteiger partial charge in [-0.1, -0.05) is 6.58 Å². The van der Waals surface area contributed by atoms with Crippen LogP contribution in [0, 0.1) is 0 Å². The Morgan fingerprint density at radius 3 is 2.18 bits per heavy atom. The van der Waals surface area contributed by atoms with Crippen molar-refractivity contribution in [2.45, 2.75) is 0 Å². The van der Waals surface area contributed by atoms with Crippen LogP contribution in [0.1, 0.15) is 0 Å². The molecule has 0 saturated carbocycles. The fourth-order valence-electron chi connectivity index (χ4n) is 0.285. The Morgan fingerprint density at radius 2 is 1.82 bits per heavy atom. The van der Waals surface area contributed by atoms with Gasteiger partial charge in [0.25, 0.3) is 0 Å². The van der Waals surface area contributed by atoms with Gasteiger partial charge in [0, 0.05) is 0 Å². The van der Waals surface area contributed by atoms with E-state index in [2.05, 4.69) is 12.4 Å². The molecule has 0 aromatic carbocycles. The van der Waals surface area contributed by atoms with Gasteiger partial charge in [0.1, 0.15) is 0 Å². The highest BCUT2D eigenvalue weighted by molar-refractivity contribution is 6.38. The Hall–Kier alpha value is -1.69. The summed E-state index contributed by atoms with van der Waals surface area (Å²) in [5.41, 5.74) is 1.56. The highest BCUT2D eigenvalue weighted by Gasteiger charge is 2.12. The monoisotopic (exact) mass is 157 g/mol. The zero-order chi connectivity index (χ0) is 8.85. The van der Waals surface area contributed by atoms with E-state index in [0.717, 1.165) is 6.08 Å². The maximum atomic E-state index is 10.5. The van der Waals surface area contributed by atoms with Crippen molar-refractivity contribution in [2.75, 3.05) is 0 Å². The molecule has 11 heavy (non-hydrogen) atoms. The van der Waals surface area contributed by atoms with Crippen molar-refractivity contribution in [3.63, 3.8) is 0 Å². The van der Waals surface area contributed by atoms with Crippen LogP contribution in [0.3, 0.4) is 0 Å². The number of hydrogen-bond acceptors (Lipinski definition) is 4. The van der Waals surface area contributed by atoms with Gasteiger partial charge in [0.2, 0.25) is 5.91 Å². The van der Waals surface area contributed by atoms with E-state index < -0.39 is 17.7 Å². The van der Waals surface area contributed by atoms with E-state index in [1.165, 1.54) is 0 Å². The summed E-state index contributed by atoms with van der Waals surface area (Å²) in [5, 5.41) is 1.69. The zero-order valence-electron chi connectivity index (χ0n) is 5.59. The molecule has 0 spiro atoms. The quantitative estimate of drug-likeness (QED) is 0.132. The number of carbonyl (C=O) groups is 3. The Balaban J connectivity index is 3.97. The first-order chi connectivity index (χ1) is 5.11. The summed E-state index contributed by atoms with van der Waals surface area (Å²) in [6.45, 7) is 3.07. The van der Waals surface area contributed by atoms with Crippen LogP contribution in [0.25, 0.3) is 0 Å². The van der Waals surface area contributed by atoms with E-state index in [4.69, 9.17) is 0 Å². The summed E-state index contributed by atoms with van der Waals surface area (Å²) in [5.74, 6) is 1.64. The van der Waals surface area contributed by atoms with E-state index in [9.17, 15) is 14.4 Å². The standard InChI is InChI=1S/C5H7N3O3/c1-2-3(9)7-4(10)5(11)8-6/h2H,1,6H2,(H,8,11)(H,7,9,10). The normalized spacial score (nSPS) is 8.09. The maximum Gasteiger partial charge on any atom is 0.323 e. The molecule has 0 heterocycles. The second kappa shape index (κ2) is 4.18. The molecule has 3 amide bonds. The number of carbonyl (C=O) groups excluding carboxylic acids is 3. The fourth-order valence-corrected chi connectivity index (χ4v) is 0.285. The van der Waals surface area contributed by atoms with Crippen LogP contribution < -0.4 is 16.6 Å². The molecule has 6 nitrogen and oxygen atoms in total. The van der Waals surface area contributed by atoms with Crippen LogP contribution >= 0.6 is 0 Å². The average molecular weight is 157 g/mol. The third-order valence-corrected chi connectivity index (χ3v) is 0.759. The Bertz CT molecular complexity index is 211. The van der Waals surface area contributed by atoms with Crippen molar-refractivity contribution in [2.24, 2.45) is 5.84 Å². The molecule has 0 saturated heterocycles. The van der Waals surface area contributed by atoms with Crippen LogP contribution in [-0.2, 0) is 14.4 Å². The lowest BCUT2D eigenvalue weighted by Crippen LogP contribution is -2.44. The first kappa shape index (κ1) is 9.31. The molecule has 0 aliphatic carbocycles. The van der Waals surface area contributed by atoms with Crippen LogP contribution in [0.15, 0.2) is 12.7 Å². The van der Waals surface area contributed by atoms with Crippen LogP contribution in [0.4, 0.5) is 0 Å². The molecule has 0 unspecified atom stereocenters. The lowest BCUT2D eigenvalue weighted by Gasteiger charge is -1.97. The first-order valence-electron chi connectivity index (χ1n) is 2.60. The van der Waals surface area contributed by atoms with Gasteiger partial charge in [-0.3, -0.25) is 25.1 Å². The van der Waals surface area contributed by atoms with E-state index >= 15 is 0 Å². The molecule has 60 valence electrons. The van der Waals surface area contributed by atoms with Gasteiger partial charge in [-0.15, -0.1) is 0 Å². The van der Waals surface area contributed by atoms with Crippen molar-refractivity contribution < 1.29 is 14.4 Å². The van der Waals surface area contributed by atoms with Gasteiger partial charge >= 0.3 is 11.8 Å². The van der Waals surface area contributed by atoms with Crippen molar-refractivity contribution >= 4 is 17.7 Å². The van der Waals surface area contributed by atoms with Crippen molar-refractivity contribution in [1.82, 2.24) is 10.7 Å². The van der Waals surface area contributed by atoms with Gasteiger partial charge in [-0.2, -0.15) is 0 Å². The van der Waals surface area contributed by atoms with E-state index in [0.29, 0.717) is 0 Å². The SMILES string of the molecule is C=CC(=O)NC(=O)C(=O)NN. The molecule has 0 aromatic rings.